The van der Waals surface area contributed by atoms with Crippen molar-refractivity contribution in [3.05, 3.63) is 42.5 Å². The van der Waals surface area contributed by atoms with E-state index in [4.69, 9.17) is 10.5 Å². The lowest BCUT2D eigenvalue weighted by molar-refractivity contribution is 0.0888. The standard InChI is InChI=1S/C11H15NO/c1-3-8-13-9(2)10-4-6-11(12)7-5-10/h3-7,9H,1,8,12H2,2H3/t9-/m0/s1. The Balaban J connectivity index is 2.60. The highest BCUT2D eigenvalue weighted by Crippen LogP contribution is 2.17. The van der Waals surface area contributed by atoms with Crippen LogP contribution in [0.1, 0.15) is 18.6 Å². The lowest BCUT2D eigenvalue weighted by atomic mass is 10.1. The van der Waals surface area contributed by atoms with Crippen LogP contribution in [0.3, 0.4) is 0 Å². The fourth-order valence-corrected chi connectivity index (χ4v) is 1.08. The molecule has 1 aromatic rings. The summed E-state index contributed by atoms with van der Waals surface area (Å²) in [6.45, 7) is 6.18. The molecule has 0 saturated carbocycles. The number of benzene rings is 1. The number of ether oxygens (including phenoxy) is 1. The summed E-state index contributed by atoms with van der Waals surface area (Å²) in [7, 11) is 0. The van der Waals surface area contributed by atoms with Gasteiger partial charge in [0.15, 0.2) is 0 Å². The molecule has 1 atom stereocenters. The normalized spacial score (nSPS) is 12.4. The molecular formula is C11H15NO. The fraction of sp³-hybridized carbons (Fsp3) is 0.273. The molecule has 1 rings (SSSR count). The molecule has 1 aromatic carbocycles. The maximum Gasteiger partial charge on any atom is 0.0801 e. The molecule has 2 heteroatoms. The predicted octanol–water partition coefficient (Wildman–Crippen LogP) is 2.53. The van der Waals surface area contributed by atoms with Gasteiger partial charge in [0.25, 0.3) is 0 Å². The second kappa shape index (κ2) is 4.67. The van der Waals surface area contributed by atoms with Gasteiger partial charge in [-0.3, -0.25) is 0 Å². The molecule has 0 fully saturated rings. The average Bonchev–Trinajstić information content (AvgIpc) is 2.15. The molecule has 0 saturated heterocycles. The van der Waals surface area contributed by atoms with Crippen LogP contribution in [0.2, 0.25) is 0 Å². The average molecular weight is 177 g/mol. The molecule has 2 N–H and O–H groups in total. The van der Waals surface area contributed by atoms with E-state index in [1.54, 1.807) is 6.08 Å². The molecule has 0 radical (unpaired) electrons. The Labute approximate surface area is 79.0 Å². The largest absolute Gasteiger partial charge is 0.399 e. The van der Waals surface area contributed by atoms with Crippen molar-refractivity contribution in [2.24, 2.45) is 0 Å². The summed E-state index contributed by atoms with van der Waals surface area (Å²) >= 11 is 0. The first-order chi connectivity index (χ1) is 6.24. The fourth-order valence-electron chi connectivity index (χ4n) is 1.08. The number of anilines is 1. The zero-order chi connectivity index (χ0) is 9.68. The van der Waals surface area contributed by atoms with E-state index in [1.165, 1.54) is 0 Å². The Kier molecular flexibility index (Phi) is 3.53. The molecule has 0 aliphatic carbocycles. The van der Waals surface area contributed by atoms with Crippen molar-refractivity contribution < 1.29 is 4.74 Å². The van der Waals surface area contributed by atoms with E-state index in [9.17, 15) is 0 Å². The minimum atomic E-state index is 0.0959. The second-order valence-electron chi connectivity index (χ2n) is 2.93. The number of hydrogen-bond donors (Lipinski definition) is 1. The number of nitrogens with two attached hydrogens (primary N) is 1. The van der Waals surface area contributed by atoms with Crippen LogP contribution in [-0.2, 0) is 4.74 Å². The lowest BCUT2D eigenvalue weighted by Crippen LogP contribution is -1.99. The van der Waals surface area contributed by atoms with Gasteiger partial charge in [0.1, 0.15) is 0 Å². The van der Waals surface area contributed by atoms with Crippen molar-refractivity contribution in [2.75, 3.05) is 12.3 Å². The number of rotatable bonds is 4. The molecule has 0 spiro atoms. The van der Waals surface area contributed by atoms with Gasteiger partial charge in [-0.15, -0.1) is 6.58 Å². The third kappa shape index (κ3) is 2.92. The summed E-state index contributed by atoms with van der Waals surface area (Å²) in [5, 5.41) is 0. The van der Waals surface area contributed by atoms with E-state index < -0.39 is 0 Å². The van der Waals surface area contributed by atoms with Crippen LogP contribution in [0.4, 0.5) is 5.69 Å². The van der Waals surface area contributed by atoms with Gasteiger partial charge in [-0.25, -0.2) is 0 Å². The highest BCUT2D eigenvalue weighted by molar-refractivity contribution is 5.39. The van der Waals surface area contributed by atoms with Crippen molar-refractivity contribution in [2.45, 2.75) is 13.0 Å². The van der Waals surface area contributed by atoms with Crippen LogP contribution in [0, 0.1) is 0 Å². The first kappa shape index (κ1) is 9.81. The van der Waals surface area contributed by atoms with Crippen molar-refractivity contribution >= 4 is 5.69 Å². The molecule has 2 nitrogen and oxygen atoms in total. The Morgan fingerprint density at radius 3 is 2.62 bits per heavy atom. The molecule has 0 heterocycles. The third-order valence-corrected chi connectivity index (χ3v) is 1.87. The van der Waals surface area contributed by atoms with Gasteiger partial charge in [-0.05, 0) is 24.6 Å². The van der Waals surface area contributed by atoms with Gasteiger partial charge < -0.3 is 10.5 Å². The highest BCUT2D eigenvalue weighted by atomic mass is 16.5. The van der Waals surface area contributed by atoms with E-state index in [2.05, 4.69) is 6.58 Å². The van der Waals surface area contributed by atoms with Crippen molar-refractivity contribution in [1.82, 2.24) is 0 Å². The quantitative estimate of drug-likeness (QED) is 0.566. The smallest absolute Gasteiger partial charge is 0.0801 e. The maximum absolute atomic E-state index is 5.57. The van der Waals surface area contributed by atoms with E-state index in [0.717, 1.165) is 11.3 Å². The van der Waals surface area contributed by atoms with E-state index in [0.29, 0.717) is 6.61 Å². The van der Waals surface area contributed by atoms with Crippen LogP contribution >= 0.6 is 0 Å². The summed E-state index contributed by atoms with van der Waals surface area (Å²) in [4.78, 5) is 0. The van der Waals surface area contributed by atoms with Gasteiger partial charge in [-0.1, -0.05) is 18.2 Å². The Morgan fingerprint density at radius 1 is 1.46 bits per heavy atom. The molecule has 0 aromatic heterocycles. The van der Waals surface area contributed by atoms with Gasteiger partial charge in [-0.2, -0.15) is 0 Å². The molecular weight excluding hydrogens is 162 g/mol. The molecule has 0 unspecified atom stereocenters. The van der Waals surface area contributed by atoms with Gasteiger partial charge in [0, 0.05) is 5.69 Å². The number of hydrogen-bond acceptors (Lipinski definition) is 2. The maximum atomic E-state index is 5.57. The Hall–Kier alpha value is -1.28. The minimum Gasteiger partial charge on any atom is -0.399 e. The van der Waals surface area contributed by atoms with Crippen molar-refractivity contribution in [3.8, 4) is 0 Å². The second-order valence-corrected chi connectivity index (χ2v) is 2.93. The van der Waals surface area contributed by atoms with Gasteiger partial charge >= 0.3 is 0 Å². The first-order valence-electron chi connectivity index (χ1n) is 4.32. The Bertz CT molecular complexity index is 266. The molecule has 0 amide bonds. The summed E-state index contributed by atoms with van der Waals surface area (Å²) in [6.07, 6.45) is 1.84. The molecule has 13 heavy (non-hydrogen) atoms. The zero-order valence-corrected chi connectivity index (χ0v) is 7.86. The van der Waals surface area contributed by atoms with Crippen LogP contribution < -0.4 is 5.73 Å². The van der Waals surface area contributed by atoms with E-state index >= 15 is 0 Å². The van der Waals surface area contributed by atoms with Gasteiger partial charge in [0.2, 0.25) is 0 Å². The number of nitrogen functional groups attached to an aromatic ring is 1. The molecule has 70 valence electrons. The highest BCUT2D eigenvalue weighted by Gasteiger charge is 2.03. The zero-order valence-electron chi connectivity index (χ0n) is 7.86. The minimum absolute atomic E-state index is 0.0959. The van der Waals surface area contributed by atoms with Gasteiger partial charge in [0.05, 0.1) is 12.7 Å². The van der Waals surface area contributed by atoms with Crippen LogP contribution in [-0.4, -0.2) is 6.61 Å². The van der Waals surface area contributed by atoms with E-state index in [1.807, 2.05) is 31.2 Å². The van der Waals surface area contributed by atoms with Crippen molar-refractivity contribution in [3.63, 3.8) is 0 Å². The summed E-state index contributed by atoms with van der Waals surface area (Å²) in [6, 6.07) is 7.71. The SMILES string of the molecule is C=CCO[C@@H](C)c1ccc(N)cc1. The summed E-state index contributed by atoms with van der Waals surface area (Å²) < 4.78 is 5.46. The lowest BCUT2D eigenvalue weighted by Gasteiger charge is -2.11. The first-order valence-corrected chi connectivity index (χ1v) is 4.32. The summed E-state index contributed by atoms with van der Waals surface area (Å²) in [5.74, 6) is 0. The van der Waals surface area contributed by atoms with Crippen molar-refractivity contribution in [1.29, 1.82) is 0 Å². The molecule has 0 aliphatic rings. The van der Waals surface area contributed by atoms with Crippen LogP contribution in [0.25, 0.3) is 0 Å². The topological polar surface area (TPSA) is 35.2 Å². The Morgan fingerprint density at radius 2 is 2.08 bits per heavy atom. The predicted molar refractivity (Wildman–Crippen MR) is 55.4 cm³/mol. The van der Waals surface area contributed by atoms with Crippen LogP contribution in [0.5, 0.6) is 0 Å². The molecule has 0 aliphatic heterocycles. The summed E-state index contributed by atoms with van der Waals surface area (Å²) in [5.41, 5.74) is 7.48. The van der Waals surface area contributed by atoms with Crippen LogP contribution in [0.15, 0.2) is 36.9 Å². The third-order valence-electron chi connectivity index (χ3n) is 1.87. The van der Waals surface area contributed by atoms with E-state index in [-0.39, 0.29) is 6.10 Å². The monoisotopic (exact) mass is 177 g/mol. The molecule has 0 bridgehead atoms.